The van der Waals surface area contributed by atoms with Crippen molar-refractivity contribution in [2.24, 2.45) is 0 Å². The van der Waals surface area contributed by atoms with Crippen molar-refractivity contribution in [3.05, 3.63) is 349 Å². The molecule has 5 heterocycles. The predicted molar refractivity (Wildman–Crippen MR) is 517 cm³/mol. The highest BCUT2D eigenvalue weighted by molar-refractivity contribution is 7.00. The van der Waals surface area contributed by atoms with E-state index < -0.39 is 0 Å². The molecule has 0 saturated carbocycles. The third-order valence-electron chi connectivity index (χ3n) is 26.2. The third-order valence-corrected chi connectivity index (χ3v) is 26.2. The first-order valence-electron chi connectivity index (χ1n) is 43.1. The summed E-state index contributed by atoms with van der Waals surface area (Å²) in [5, 5.41) is 7.54. The van der Waals surface area contributed by atoms with Gasteiger partial charge in [-0.1, -0.05) is 307 Å². The van der Waals surface area contributed by atoms with Crippen LogP contribution in [-0.4, -0.2) is 20.4 Å². The highest BCUT2D eigenvalue weighted by Crippen LogP contribution is 2.51. The van der Waals surface area contributed by atoms with E-state index in [1.807, 2.05) is 0 Å². The Morgan fingerprint density at radius 3 is 0.675 bits per heavy atom. The summed E-state index contributed by atoms with van der Waals surface area (Å²) in [6, 6.07) is 122. The van der Waals surface area contributed by atoms with Crippen LogP contribution >= 0.6 is 0 Å². The third kappa shape index (κ3) is 12.6. The normalized spacial score (nSPS) is 13.4. The van der Waals surface area contributed by atoms with Gasteiger partial charge in [0.2, 0.25) is 0 Å². The Bertz CT molecular complexity index is 6620. The van der Waals surface area contributed by atoms with E-state index in [0.717, 1.165) is 73.3 Å². The van der Waals surface area contributed by atoms with Crippen LogP contribution in [0.4, 0.5) is 34.1 Å². The lowest BCUT2D eigenvalue weighted by Crippen LogP contribution is -2.61. The number of nitrogens with zero attached hydrogens (tertiary/aromatic N) is 5. The Morgan fingerprint density at radius 2 is 0.417 bits per heavy atom. The summed E-state index contributed by atoms with van der Waals surface area (Å²) in [5.74, 6) is 0. The van der Waals surface area contributed by atoms with Crippen LogP contribution in [0.5, 0.6) is 0 Å². The molecular formula is C114H106BN5. The second-order valence-corrected chi connectivity index (χ2v) is 40.3. The molecule has 2 aliphatic heterocycles. The van der Waals surface area contributed by atoms with Gasteiger partial charge in [0.1, 0.15) is 0 Å². The molecule has 0 saturated heterocycles. The van der Waals surface area contributed by atoms with Gasteiger partial charge in [-0.05, 0) is 260 Å². The molecule has 590 valence electrons. The summed E-state index contributed by atoms with van der Waals surface area (Å²) in [7, 11) is 0. The van der Waals surface area contributed by atoms with E-state index in [9.17, 15) is 0 Å². The van der Waals surface area contributed by atoms with E-state index in [2.05, 4.69) is 464 Å². The average molecular weight is 1560 g/mol. The quantitative estimate of drug-likeness (QED) is 0.134. The Morgan fingerprint density at radius 1 is 0.192 bits per heavy atom. The summed E-state index contributed by atoms with van der Waals surface area (Å²) >= 11 is 0. The second kappa shape index (κ2) is 27.5. The van der Waals surface area contributed by atoms with Crippen molar-refractivity contribution >= 4 is 123 Å². The van der Waals surface area contributed by atoms with Gasteiger partial charge in [0.25, 0.3) is 6.71 Å². The zero-order valence-corrected chi connectivity index (χ0v) is 72.8. The molecule has 120 heavy (non-hydrogen) atoms. The number of benzene rings is 15. The zero-order chi connectivity index (χ0) is 83.2. The minimum atomic E-state index is -0.246. The van der Waals surface area contributed by atoms with Crippen LogP contribution in [0.1, 0.15) is 158 Å². The Labute approximate surface area is 708 Å². The summed E-state index contributed by atoms with van der Waals surface area (Å²) in [6.07, 6.45) is 0. The van der Waals surface area contributed by atoms with E-state index >= 15 is 0 Å². The first-order valence-corrected chi connectivity index (χ1v) is 43.1. The fraction of sp³-hybridized carbons (Fsp3) is 0.211. The molecule has 0 spiro atoms. The van der Waals surface area contributed by atoms with Crippen LogP contribution in [0.2, 0.25) is 0 Å². The zero-order valence-electron chi connectivity index (χ0n) is 72.8. The molecule has 20 rings (SSSR count). The van der Waals surface area contributed by atoms with Gasteiger partial charge in [-0.3, -0.25) is 0 Å². The molecule has 3 aromatic heterocycles. The monoisotopic (exact) mass is 1560 g/mol. The van der Waals surface area contributed by atoms with Crippen LogP contribution in [-0.2, 0) is 32.5 Å². The van der Waals surface area contributed by atoms with Gasteiger partial charge < -0.3 is 23.5 Å². The van der Waals surface area contributed by atoms with Gasteiger partial charge >= 0.3 is 0 Å². The molecule has 2 aliphatic rings. The number of hydrogen-bond donors (Lipinski definition) is 0. The molecule has 0 bridgehead atoms. The molecule has 5 nitrogen and oxygen atoms in total. The maximum Gasteiger partial charge on any atom is 0.252 e. The van der Waals surface area contributed by atoms with Crippen molar-refractivity contribution in [2.75, 3.05) is 9.80 Å². The molecule has 0 unspecified atom stereocenters. The fourth-order valence-corrected chi connectivity index (χ4v) is 19.4. The first kappa shape index (κ1) is 76.1. The number of anilines is 6. The number of aromatic nitrogens is 3. The van der Waals surface area contributed by atoms with Crippen molar-refractivity contribution in [3.8, 4) is 61.6 Å². The summed E-state index contributed by atoms with van der Waals surface area (Å²) in [5.41, 5.74) is 37.6. The van der Waals surface area contributed by atoms with Gasteiger partial charge in [0.15, 0.2) is 0 Å². The van der Waals surface area contributed by atoms with Crippen molar-refractivity contribution in [1.82, 2.24) is 13.7 Å². The smallest absolute Gasteiger partial charge is 0.252 e. The molecule has 0 N–H and O–H groups in total. The van der Waals surface area contributed by atoms with Gasteiger partial charge in [0.05, 0.1) is 38.8 Å². The lowest BCUT2D eigenvalue weighted by molar-refractivity contribution is 0.590. The molecule has 0 aliphatic carbocycles. The largest absolute Gasteiger partial charge is 0.311 e. The molecule has 0 atom stereocenters. The van der Waals surface area contributed by atoms with Gasteiger partial charge in [-0.15, -0.1) is 0 Å². The number of rotatable bonds is 9. The highest BCUT2D eigenvalue weighted by Gasteiger charge is 2.45. The van der Waals surface area contributed by atoms with Crippen LogP contribution in [0.15, 0.2) is 315 Å². The standard InChI is InChI=1S/C114H106BN5/c1-109(2,3)75-41-55-98-90(61-75)91-62-76(110(4,5)6)42-56-99(91)118(98)83-51-53-96-104(67-83)116(81-47-37-73(38-48-81)88-35-27-25-33-86(88)71-29-21-19-22-30-71)106-69-85(120-102-59-45-79(113(13,14)15)65-94(102)95-66-80(114(16,17)18)46-60-103(95)120)70-107-108(106)115(96)97-54-52-84(119-100-57-43-77(111(7,8)9)63-92(100)93-64-78(112(10,11)12)44-58-101(93)119)68-105(97)117(107)82-49-39-74(40-50-82)89-36-28-26-34-87(89)72-31-23-20-24-32-72/h19-70H,1-18H3. The summed E-state index contributed by atoms with van der Waals surface area (Å²) < 4.78 is 7.72. The minimum Gasteiger partial charge on any atom is -0.311 e. The van der Waals surface area contributed by atoms with E-state index in [4.69, 9.17) is 0 Å². The molecule has 0 radical (unpaired) electrons. The van der Waals surface area contributed by atoms with Gasteiger partial charge in [0, 0.05) is 77.8 Å². The molecule has 6 heteroatoms. The van der Waals surface area contributed by atoms with E-state index in [1.54, 1.807) is 0 Å². The van der Waals surface area contributed by atoms with Crippen molar-refractivity contribution in [3.63, 3.8) is 0 Å². The summed E-state index contributed by atoms with van der Waals surface area (Å²) in [4.78, 5) is 5.29. The molecule has 0 amide bonds. The van der Waals surface area contributed by atoms with Crippen molar-refractivity contribution < 1.29 is 0 Å². The lowest BCUT2D eigenvalue weighted by Gasteiger charge is -2.44. The maximum atomic E-state index is 2.65. The van der Waals surface area contributed by atoms with Crippen molar-refractivity contribution in [1.29, 1.82) is 0 Å². The lowest BCUT2D eigenvalue weighted by atomic mass is 9.33. The average Bonchev–Trinajstić information content (AvgIpc) is 0.862. The number of hydrogen-bond acceptors (Lipinski definition) is 2. The highest BCUT2D eigenvalue weighted by atomic mass is 15.2. The van der Waals surface area contributed by atoms with Gasteiger partial charge in [-0.25, -0.2) is 0 Å². The predicted octanol–water partition coefficient (Wildman–Crippen LogP) is 29.5. The SMILES string of the molecule is CC(C)(C)c1ccc2c(c1)c1cc(C(C)(C)C)ccc1n2-c1ccc2c(c1)N(c1ccc(-c3ccccc3-c3ccccc3)cc1)c1cc(-n3c4ccc(C(C)(C)C)cc4c4cc(C(C)(C)C)ccc43)cc3c1B2c1ccc(-n2c4ccc(C(C)(C)C)cc4c4cc(C(C)(C)C)ccc42)cc1N3c1ccc(-c2ccccc2-c2ccccc2)cc1. The van der Waals surface area contributed by atoms with Crippen LogP contribution in [0.25, 0.3) is 127 Å². The van der Waals surface area contributed by atoms with Crippen molar-refractivity contribution in [2.45, 2.75) is 157 Å². The van der Waals surface area contributed by atoms with Crippen LogP contribution < -0.4 is 26.2 Å². The second-order valence-electron chi connectivity index (χ2n) is 40.3. The van der Waals surface area contributed by atoms with Crippen LogP contribution in [0, 0.1) is 0 Å². The fourth-order valence-electron chi connectivity index (χ4n) is 19.4. The molecule has 0 fully saturated rings. The topological polar surface area (TPSA) is 21.3 Å². The Hall–Kier alpha value is -12.6. The molecular weight excluding hydrogens is 1450 g/mol. The Kier molecular flexibility index (Phi) is 17.4. The first-order chi connectivity index (χ1) is 57.3. The van der Waals surface area contributed by atoms with E-state index in [-0.39, 0.29) is 39.2 Å². The minimum absolute atomic E-state index is 0.0641. The molecule has 15 aromatic carbocycles. The van der Waals surface area contributed by atoms with Gasteiger partial charge in [-0.2, -0.15) is 0 Å². The van der Waals surface area contributed by atoms with Crippen LogP contribution in [0.3, 0.4) is 0 Å². The van der Waals surface area contributed by atoms with E-state index in [1.165, 1.54) is 138 Å². The maximum absolute atomic E-state index is 2.65. The summed E-state index contributed by atoms with van der Waals surface area (Å²) in [6.45, 7) is 41.9. The number of fused-ring (bicyclic) bond motifs is 13. The Balaban J connectivity index is 0.914. The molecule has 18 aromatic rings. The van der Waals surface area contributed by atoms with E-state index in [0.29, 0.717) is 0 Å².